The van der Waals surface area contributed by atoms with Crippen molar-refractivity contribution in [3.8, 4) is 0 Å². The lowest BCUT2D eigenvalue weighted by Gasteiger charge is -2.22. The first-order chi connectivity index (χ1) is 7.13. The van der Waals surface area contributed by atoms with Crippen LogP contribution in [0.2, 0.25) is 0 Å². The number of rotatable bonds is 6. The molecule has 15 heavy (non-hydrogen) atoms. The minimum Gasteiger partial charge on any atom is -0.149 e. The lowest BCUT2D eigenvalue weighted by Crippen LogP contribution is -2.18. The van der Waals surface area contributed by atoms with Crippen molar-refractivity contribution in [3.63, 3.8) is 0 Å². The standard InChI is InChI=1S/C12H18BrIS/c1-3-10(7-9(2)14)12(13)8-11-5-4-6-15-11/h4-6,9-10,12H,3,7-8H2,1-2H3. The SMILES string of the molecule is CCC(CC(C)I)C(Br)Cc1cccs1. The number of hydrogen-bond donors (Lipinski definition) is 0. The van der Waals surface area contributed by atoms with Crippen LogP contribution < -0.4 is 0 Å². The molecule has 3 unspecified atom stereocenters. The van der Waals surface area contributed by atoms with E-state index in [-0.39, 0.29) is 0 Å². The van der Waals surface area contributed by atoms with Crippen LogP contribution in [0, 0.1) is 5.92 Å². The Balaban J connectivity index is 2.46. The highest BCUT2D eigenvalue weighted by molar-refractivity contribution is 14.1. The molecule has 0 bridgehead atoms. The lowest BCUT2D eigenvalue weighted by atomic mass is 9.95. The molecule has 0 saturated heterocycles. The average Bonchev–Trinajstić information content (AvgIpc) is 2.66. The van der Waals surface area contributed by atoms with Gasteiger partial charge in [0.1, 0.15) is 0 Å². The molecule has 0 nitrogen and oxygen atoms in total. The van der Waals surface area contributed by atoms with Gasteiger partial charge in [-0.05, 0) is 30.2 Å². The molecule has 86 valence electrons. The van der Waals surface area contributed by atoms with Gasteiger partial charge in [0.2, 0.25) is 0 Å². The van der Waals surface area contributed by atoms with Gasteiger partial charge in [-0.3, -0.25) is 0 Å². The zero-order valence-electron chi connectivity index (χ0n) is 9.25. The Morgan fingerprint density at radius 1 is 1.53 bits per heavy atom. The second kappa shape index (κ2) is 7.28. The minimum absolute atomic E-state index is 0.637. The maximum absolute atomic E-state index is 3.86. The molecule has 0 fully saturated rings. The van der Waals surface area contributed by atoms with E-state index in [9.17, 15) is 0 Å². The summed E-state index contributed by atoms with van der Waals surface area (Å²) >= 11 is 8.25. The molecule has 0 spiro atoms. The van der Waals surface area contributed by atoms with Crippen molar-refractivity contribution in [2.24, 2.45) is 5.92 Å². The van der Waals surface area contributed by atoms with Gasteiger partial charge in [0, 0.05) is 13.6 Å². The van der Waals surface area contributed by atoms with E-state index < -0.39 is 0 Å². The summed E-state index contributed by atoms with van der Waals surface area (Å²) in [5, 5.41) is 2.16. The zero-order chi connectivity index (χ0) is 11.3. The first kappa shape index (κ1) is 14.0. The summed E-state index contributed by atoms with van der Waals surface area (Å²) in [5.41, 5.74) is 0. The summed E-state index contributed by atoms with van der Waals surface area (Å²) in [6, 6.07) is 4.38. The average molecular weight is 401 g/mol. The fourth-order valence-electron chi connectivity index (χ4n) is 1.77. The van der Waals surface area contributed by atoms with Crippen molar-refractivity contribution in [2.75, 3.05) is 0 Å². The van der Waals surface area contributed by atoms with Gasteiger partial charge < -0.3 is 0 Å². The Labute approximate surface area is 119 Å². The van der Waals surface area contributed by atoms with Crippen molar-refractivity contribution < 1.29 is 0 Å². The molecule has 1 aromatic rings. The highest BCUT2D eigenvalue weighted by Gasteiger charge is 2.19. The van der Waals surface area contributed by atoms with Crippen LogP contribution >= 0.6 is 49.9 Å². The van der Waals surface area contributed by atoms with E-state index in [1.807, 2.05) is 11.3 Å². The van der Waals surface area contributed by atoms with Gasteiger partial charge in [0.05, 0.1) is 0 Å². The number of hydrogen-bond acceptors (Lipinski definition) is 1. The summed E-state index contributed by atoms with van der Waals surface area (Å²) in [5.74, 6) is 0.805. The molecule has 0 saturated carbocycles. The van der Waals surface area contributed by atoms with Crippen molar-refractivity contribution in [1.82, 2.24) is 0 Å². The van der Waals surface area contributed by atoms with Gasteiger partial charge >= 0.3 is 0 Å². The highest BCUT2D eigenvalue weighted by Crippen LogP contribution is 2.28. The second-order valence-corrected chi connectivity index (χ2v) is 8.32. The quantitative estimate of drug-likeness (QED) is 0.449. The molecule has 1 aromatic heterocycles. The predicted molar refractivity (Wildman–Crippen MR) is 82.6 cm³/mol. The lowest BCUT2D eigenvalue weighted by molar-refractivity contribution is 0.460. The smallest absolute Gasteiger partial charge is 0.0222 e. The summed E-state index contributed by atoms with van der Waals surface area (Å²) in [7, 11) is 0. The van der Waals surface area contributed by atoms with E-state index in [1.165, 1.54) is 24.1 Å². The normalized spacial score (nSPS) is 17.3. The maximum atomic E-state index is 3.86. The van der Waals surface area contributed by atoms with Crippen LogP contribution in [-0.2, 0) is 6.42 Å². The van der Waals surface area contributed by atoms with E-state index in [4.69, 9.17) is 0 Å². The van der Waals surface area contributed by atoms with Crippen LogP contribution in [0.4, 0.5) is 0 Å². The topological polar surface area (TPSA) is 0 Å². The number of halogens is 2. The van der Waals surface area contributed by atoms with Crippen molar-refractivity contribution in [3.05, 3.63) is 22.4 Å². The molecule has 0 aliphatic rings. The van der Waals surface area contributed by atoms with E-state index in [0.717, 1.165) is 9.84 Å². The van der Waals surface area contributed by atoms with E-state index in [2.05, 4.69) is 69.9 Å². The van der Waals surface area contributed by atoms with Crippen LogP contribution in [0.5, 0.6) is 0 Å². The second-order valence-electron chi connectivity index (χ2n) is 3.98. The van der Waals surface area contributed by atoms with Crippen LogP contribution in [0.1, 0.15) is 31.6 Å². The molecule has 3 heteroatoms. The molecule has 1 rings (SSSR count). The summed E-state index contributed by atoms with van der Waals surface area (Å²) in [6.45, 7) is 4.60. The molecule has 0 aromatic carbocycles. The summed E-state index contributed by atoms with van der Waals surface area (Å²) in [4.78, 5) is 2.13. The van der Waals surface area contributed by atoms with Crippen LogP contribution in [-0.4, -0.2) is 8.75 Å². The zero-order valence-corrected chi connectivity index (χ0v) is 13.8. The molecular weight excluding hydrogens is 383 g/mol. The van der Waals surface area contributed by atoms with E-state index in [1.54, 1.807) is 0 Å². The number of thiophene rings is 1. The maximum Gasteiger partial charge on any atom is 0.0222 e. The molecule has 0 radical (unpaired) electrons. The molecule has 3 atom stereocenters. The Bertz CT molecular complexity index is 259. The fourth-order valence-corrected chi connectivity index (χ4v) is 4.35. The highest BCUT2D eigenvalue weighted by atomic mass is 127. The van der Waals surface area contributed by atoms with Gasteiger partial charge in [-0.15, -0.1) is 11.3 Å². The molecule has 0 aliphatic carbocycles. The van der Waals surface area contributed by atoms with Crippen molar-refractivity contribution >= 4 is 49.9 Å². The van der Waals surface area contributed by atoms with Crippen molar-refractivity contribution in [1.29, 1.82) is 0 Å². The van der Waals surface area contributed by atoms with Crippen molar-refractivity contribution in [2.45, 2.75) is 41.9 Å². The van der Waals surface area contributed by atoms with E-state index in [0.29, 0.717) is 4.83 Å². The Morgan fingerprint density at radius 3 is 2.73 bits per heavy atom. The van der Waals surface area contributed by atoms with Gasteiger partial charge in [-0.2, -0.15) is 0 Å². The molecule has 0 N–H and O–H groups in total. The Kier molecular flexibility index (Phi) is 6.78. The van der Waals surface area contributed by atoms with Crippen LogP contribution in [0.15, 0.2) is 17.5 Å². The predicted octanol–water partition coefficient (Wildman–Crippen LogP) is 5.29. The first-order valence-electron chi connectivity index (χ1n) is 5.44. The molecule has 0 amide bonds. The fraction of sp³-hybridized carbons (Fsp3) is 0.667. The van der Waals surface area contributed by atoms with E-state index >= 15 is 0 Å². The monoisotopic (exact) mass is 400 g/mol. The van der Waals surface area contributed by atoms with Gasteiger partial charge in [0.15, 0.2) is 0 Å². The number of alkyl halides is 2. The first-order valence-corrected chi connectivity index (χ1v) is 8.48. The van der Waals surface area contributed by atoms with Crippen LogP contribution in [0.25, 0.3) is 0 Å². The molecule has 0 aliphatic heterocycles. The van der Waals surface area contributed by atoms with Gasteiger partial charge in [-0.1, -0.05) is 64.9 Å². The molecular formula is C12H18BrIS. The summed E-state index contributed by atoms with van der Waals surface area (Å²) < 4.78 is 0.774. The van der Waals surface area contributed by atoms with Crippen LogP contribution in [0.3, 0.4) is 0 Å². The Hall–Kier alpha value is 0.910. The Morgan fingerprint density at radius 2 is 2.27 bits per heavy atom. The third kappa shape index (κ3) is 5.18. The summed E-state index contributed by atoms with van der Waals surface area (Å²) in [6.07, 6.45) is 3.77. The van der Waals surface area contributed by atoms with Gasteiger partial charge in [0.25, 0.3) is 0 Å². The third-order valence-corrected chi connectivity index (χ3v) is 5.12. The largest absolute Gasteiger partial charge is 0.149 e. The minimum atomic E-state index is 0.637. The third-order valence-electron chi connectivity index (χ3n) is 2.64. The molecule has 1 heterocycles. The van der Waals surface area contributed by atoms with Gasteiger partial charge in [-0.25, -0.2) is 0 Å².